The van der Waals surface area contributed by atoms with Gasteiger partial charge in [-0.25, -0.2) is 0 Å². The van der Waals surface area contributed by atoms with Crippen LogP contribution in [-0.2, 0) is 4.79 Å². The molecule has 0 saturated heterocycles. The van der Waals surface area contributed by atoms with Crippen molar-refractivity contribution in [2.75, 3.05) is 17.7 Å². The van der Waals surface area contributed by atoms with E-state index in [9.17, 15) is 4.79 Å². The van der Waals surface area contributed by atoms with Gasteiger partial charge in [-0.15, -0.1) is 0 Å². The molecule has 1 amide bonds. The first kappa shape index (κ1) is 13.6. The van der Waals surface area contributed by atoms with Crippen molar-refractivity contribution in [3.63, 3.8) is 0 Å². The lowest BCUT2D eigenvalue weighted by atomic mass is 9.92. The third kappa shape index (κ3) is 4.47. The first-order valence-electron chi connectivity index (χ1n) is 5.90. The van der Waals surface area contributed by atoms with E-state index in [1.807, 2.05) is 32.2 Å². The lowest BCUT2D eigenvalue weighted by Crippen LogP contribution is -2.20. The molecular weight excluding hydrogens is 212 g/mol. The number of nitrogens with one attached hydrogen (secondary N) is 2. The van der Waals surface area contributed by atoms with E-state index in [4.69, 9.17) is 0 Å². The molecule has 0 aliphatic carbocycles. The van der Waals surface area contributed by atoms with Crippen LogP contribution in [0.5, 0.6) is 0 Å². The highest BCUT2D eigenvalue weighted by molar-refractivity contribution is 5.92. The summed E-state index contributed by atoms with van der Waals surface area (Å²) >= 11 is 0. The molecule has 2 N–H and O–H groups in total. The highest BCUT2D eigenvalue weighted by atomic mass is 16.1. The van der Waals surface area contributed by atoms with E-state index in [1.54, 1.807) is 0 Å². The summed E-state index contributed by atoms with van der Waals surface area (Å²) in [7, 11) is 1.88. The van der Waals surface area contributed by atoms with E-state index in [0.717, 1.165) is 16.9 Å². The molecular formula is C14H22N2O. The number of aryl methyl sites for hydroxylation is 1. The van der Waals surface area contributed by atoms with E-state index in [1.165, 1.54) is 0 Å². The number of anilines is 2. The molecule has 0 aliphatic heterocycles. The molecule has 1 rings (SSSR count). The number of hydrogen-bond donors (Lipinski definition) is 2. The summed E-state index contributed by atoms with van der Waals surface area (Å²) in [5.41, 5.74) is 3.02. The van der Waals surface area contributed by atoms with Crippen molar-refractivity contribution in [3.8, 4) is 0 Å². The average molecular weight is 234 g/mol. The molecule has 0 atom stereocenters. The number of hydrogen-bond acceptors (Lipinski definition) is 2. The highest BCUT2D eigenvalue weighted by Crippen LogP contribution is 2.22. The van der Waals surface area contributed by atoms with Gasteiger partial charge in [-0.1, -0.05) is 20.8 Å². The van der Waals surface area contributed by atoms with E-state index >= 15 is 0 Å². The fourth-order valence-electron chi connectivity index (χ4n) is 1.64. The molecule has 0 unspecified atom stereocenters. The van der Waals surface area contributed by atoms with Gasteiger partial charge in [0, 0.05) is 24.8 Å². The van der Waals surface area contributed by atoms with Gasteiger partial charge in [0.2, 0.25) is 5.91 Å². The minimum absolute atomic E-state index is 0.0168. The first-order chi connectivity index (χ1) is 7.81. The van der Waals surface area contributed by atoms with Crippen LogP contribution in [0.2, 0.25) is 0 Å². The van der Waals surface area contributed by atoms with Crippen molar-refractivity contribution in [1.82, 2.24) is 0 Å². The van der Waals surface area contributed by atoms with Gasteiger partial charge in [0.25, 0.3) is 0 Å². The Balaban J connectivity index is 2.72. The maximum atomic E-state index is 11.8. The molecule has 0 bridgehead atoms. The maximum absolute atomic E-state index is 11.8. The molecule has 3 heteroatoms. The Hall–Kier alpha value is -1.51. The van der Waals surface area contributed by atoms with Crippen molar-refractivity contribution < 1.29 is 4.79 Å². The molecule has 17 heavy (non-hydrogen) atoms. The number of carbonyl (C=O) groups excluding carboxylic acids is 1. The van der Waals surface area contributed by atoms with Gasteiger partial charge in [-0.05, 0) is 36.1 Å². The van der Waals surface area contributed by atoms with Crippen LogP contribution in [0.25, 0.3) is 0 Å². The molecule has 0 aromatic heterocycles. The van der Waals surface area contributed by atoms with Crippen molar-refractivity contribution in [1.29, 1.82) is 0 Å². The van der Waals surface area contributed by atoms with Crippen LogP contribution < -0.4 is 10.6 Å². The summed E-state index contributed by atoms with van der Waals surface area (Å²) in [4.78, 5) is 11.8. The fourth-order valence-corrected chi connectivity index (χ4v) is 1.64. The number of carbonyl (C=O) groups is 1. The number of rotatable bonds is 3. The summed E-state index contributed by atoms with van der Waals surface area (Å²) in [5.74, 6) is 0.0674. The summed E-state index contributed by atoms with van der Waals surface area (Å²) in [6.45, 7) is 8.17. The van der Waals surface area contributed by atoms with Crippen LogP contribution in [0, 0.1) is 12.3 Å². The largest absolute Gasteiger partial charge is 0.388 e. The Morgan fingerprint density at radius 2 is 1.94 bits per heavy atom. The van der Waals surface area contributed by atoms with Crippen molar-refractivity contribution >= 4 is 17.3 Å². The van der Waals surface area contributed by atoms with Crippen molar-refractivity contribution in [2.24, 2.45) is 5.41 Å². The highest BCUT2D eigenvalue weighted by Gasteiger charge is 2.16. The van der Waals surface area contributed by atoms with Gasteiger partial charge >= 0.3 is 0 Å². The van der Waals surface area contributed by atoms with Crippen LogP contribution >= 0.6 is 0 Å². The van der Waals surface area contributed by atoms with E-state index in [-0.39, 0.29) is 11.3 Å². The van der Waals surface area contributed by atoms with Crippen molar-refractivity contribution in [2.45, 2.75) is 34.1 Å². The summed E-state index contributed by atoms with van der Waals surface area (Å²) in [6, 6.07) is 5.91. The molecule has 0 spiro atoms. The Bertz CT molecular complexity index is 405. The normalized spacial score (nSPS) is 11.1. The van der Waals surface area contributed by atoms with Gasteiger partial charge < -0.3 is 10.6 Å². The van der Waals surface area contributed by atoms with Crippen LogP contribution in [0.3, 0.4) is 0 Å². The summed E-state index contributed by atoms with van der Waals surface area (Å²) in [5, 5.41) is 6.03. The minimum atomic E-state index is 0.0168. The number of amides is 1. The quantitative estimate of drug-likeness (QED) is 0.841. The summed E-state index contributed by atoms with van der Waals surface area (Å²) in [6.07, 6.45) is 0.528. The SMILES string of the molecule is CNc1ccc(NC(=O)CC(C)(C)C)c(C)c1. The Morgan fingerprint density at radius 3 is 2.41 bits per heavy atom. The van der Waals surface area contributed by atoms with Crippen LogP contribution in [0.1, 0.15) is 32.8 Å². The summed E-state index contributed by atoms with van der Waals surface area (Å²) < 4.78 is 0. The maximum Gasteiger partial charge on any atom is 0.224 e. The van der Waals surface area contributed by atoms with Gasteiger partial charge in [0.1, 0.15) is 0 Å². The zero-order chi connectivity index (χ0) is 13.1. The van der Waals surface area contributed by atoms with Gasteiger partial charge in [0.15, 0.2) is 0 Å². The van der Waals surface area contributed by atoms with Crippen LogP contribution in [0.15, 0.2) is 18.2 Å². The molecule has 1 aromatic rings. The molecule has 94 valence electrons. The van der Waals surface area contributed by atoms with E-state index in [0.29, 0.717) is 6.42 Å². The standard InChI is InChI=1S/C14H22N2O/c1-10-8-11(15-5)6-7-12(10)16-13(17)9-14(2,3)4/h6-8,15H,9H2,1-5H3,(H,16,17). The molecule has 1 aromatic carbocycles. The van der Waals surface area contributed by atoms with E-state index < -0.39 is 0 Å². The van der Waals surface area contributed by atoms with Gasteiger partial charge in [0.05, 0.1) is 0 Å². The smallest absolute Gasteiger partial charge is 0.224 e. The third-order valence-electron chi connectivity index (χ3n) is 2.48. The fraction of sp³-hybridized carbons (Fsp3) is 0.500. The Labute approximate surface area is 104 Å². The molecule has 0 radical (unpaired) electrons. The second kappa shape index (κ2) is 5.21. The van der Waals surface area contributed by atoms with Crippen LogP contribution in [0.4, 0.5) is 11.4 Å². The zero-order valence-corrected chi connectivity index (χ0v) is 11.3. The Morgan fingerprint density at radius 1 is 1.29 bits per heavy atom. The molecule has 3 nitrogen and oxygen atoms in total. The molecule has 0 fully saturated rings. The first-order valence-corrected chi connectivity index (χ1v) is 5.90. The lowest BCUT2D eigenvalue weighted by Gasteiger charge is -2.18. The second-order valence-electron chi connectivity index (χ2n) is 5.57. The van der Waals surface area contributed by atoms with Gasteiger partial charge in [-0.2, -0.15) is 0 Å². The Kier molecular flexibility index (Phi) is 4.16. The lowest BCUT2D eigenvalue weighted by molar-refractivity contribution is -0.117. The molecule has 0 saturated carbocycles. The third-order valence-corrected chi connectivity index (χ3v) is 2.48. The monoisotopic (exact) mass is 234 g/mol. The second-order valence-corrected chi connectivity index (χ2v) is 5.57. The van der Waals surface area contributed by atoms with Crippen molar-refractivity contribution in [3.05, 3.63) is 23.8 Å². The minimum Gasteiger partial charge on any atom is -0.388 e. The predicted molar refractivity (Wildman–Crippen MR) is 73.4 cm³/mol. The van der Waals surface area contributed by atoms with E-state index in [2.05, 4.69) is 31.4 Å². The van der Waals surface area contributed by atoms with Crippen LogP contribution in [-0.4, -0.2) is 13.0 Å². The topological polar surface area (TPSA) is 41.1 Å². The predicted octanol–water partition coefficient (Wildman–Crippen LogP) is 3.41. The zero-order valence-electron chi connectivity index (χ0n) is 11.3. The average Bonchev–Trinajstić information content (AvgIpc) is 2.18. The van der Waals surface area contributed by atoms with Gasteiger partial charge in [-0.3, -0.25) is 4.79 Å². The molecule has 0 aliphatic rings. The molecule has 0 heterocycles. The number of benzene rings is 1.